The average molecular weight is 251 g/mol. The van der Waals surface area contributed by atoms with E-state index in [4.69, 9.17) is 4.74 Å². The number of halogens is 2. The molecule has 0 radical (unpaired) electrons. The number of aromatic nitrogens is 2. The largest absolute Gasteiger partial charge is 0.481 e. The van der Waals surface area contributed by atoms with Crippen molar-refractivity contribution in [2.75, 3.05) is 12.4 Å². The molecule has 0 atom stereocenters. The SMILES string of the molecule is COc1cc(CNc2cccc(F)n2)c(F)cn1. The summed E-state index contributed by atoms with van der Waals surface area (Å²) in [5.41, 5.74) is 0.368. The Hall–Kier alpha value is -2.24. The molecule has 6 heteroatoms. The number of methoxy groups -OCH3 is 1. The molecule has 0 bridgehead atoms. The van der Waals surface area contributed by atoms with Gasteiger partial charge in [0.15, 0.2) is 0 Å². The first-order valence-electron chi connectivity index (χ1n) is 5.24. The van der Waals surface area contributed by atoms with Crippen LogP contribution in [0.15, 0.2) is 30.5 Å². The van der Waals surface area contributed by atoms with Gasteiger partial charge >= 0.3 is 0 Å². The highest BCUT2D eigenvalue weighted by atomic mass is 19.1. The van der Waals surface area contributed by atoms with E-state index in [9.17, 15) is 8.78 Å². The van der Waals surface area contributed by atoms with Crippen LogP contribution in [0, 0.1) is 11.8 Å². The van der Waals surface area contributed by atoms with E-state index in [0.717, 1.165) is 6.20 Å². The lowest BCUT2D eigenvalue weighted by Crippen LogP contribution is -2.05. The summed E-state index contributed by atoms with van der Waals surface area (Å²) in [4.78, 5) is 7.34. The minimum atomic E-state index is -0.590. The minimum absolute atomic E-state index is 0.168. The second kappa shape index (κ2) is 5.39. The van der Waals surface area contributed by atoms with Gasteiger partial charge in [-0.05, 0) is 12.1 Å². The first kappa shape index (κ1) is 12.2. The maximum atomic E-state index is 13.4. The van der Waals surface area contributed by atoms with Crippen molar-refractivity contribution < 1.29 is 13.5 Å². The molecule has 0 aliphatic carbocycles. The lowest BCUT2D eigenvalue weighted by atomic mass is 10.2. The zero-order valence-corrected chi connectivity index (χ0v) is 9.65. The molecule has 2 heterocycles. The number of nitrogens with one attached hydrogen (secondary N) is 1. The van der Waals surface area contributed by atoms with Crippen molar-refractivity contribution in [1.82, 2.24) is 9.97 Å². The molecular weight excluding hydrogens is 240 g/mol. The third kappa shape index (κ3) is 2.91. The van der Waals surface area contributed by atoms with E-state index >= 15 is 0 Å². The highest BCUT2D eigenvalue weighted by Crippen LogP contribution is 2.14. The molecule has 2 aromatic rings. The Balaban J connectivity index is 2.10. The fourth-order valence-electron chi connectivity index (χ4n) is 1.40. The molecular formula is C12H11F2N3O. The molecule has 18 heavy (non-hydrogen) atoms. The van der Waals surface area contributed by atoms with E-state index in [0.29, 0.717) is 17.3 Å². The van der Waals surface area contributed by atoms with Crippen LogP contribution in [-0.4, -0.2) is 17.1 Å². The topological polar surface area (TPSA) is 47.0 Å². The van der Waals surface area contributed by atoms with Crippen LogP contribution >= 0.6 is 0 Å². The van der Waals surface area contributed by atoms with Gasteiger partial charge in [0.25, 0.3) is 0 Å². The summed E-state index contributed by atoms with van der Waals surface area (Å²) in [5, 5.41) is 2.82. The zero-order valence-electron chi connectivity index (χ0n) is 9.65. The van der Waals surface area contributed by atoms with Crippen LogP contribution in [0.25, 0.3) is 0 Å². The lowest BCUT2D eigenvalue weighted by Gasteiger charge is -2.07. The van der Waals surface area contributed by atoms with Gasteiger partial charge in [-0.1, -0.05) is 6.07 Å². The summed E-state index contributed by atoms with van der Waals surface area (Å²) < 4.78 is 31.2. The van der Waals surface area contributed by atoms with Gasteiger partial charge in [0.1, 0.15) is 11.6 Å². The molecule has 2 rings (SSSR count). The van der Waals surface area contributed by atoms with Gasteiger partial charge in [0.2, 0.25) is 11.8 Å². The van der Waals surface area contributed by atoms with Gasteiger partial charge in [-0.3, -0.25) is 0 Å². The Bertz CT molecular complexity index is 549. The van der Waals surface area contributed by atoms with Gasteiger partial charge in [-0.15, -0.1) is 0 Å². The number of rotatable bonds is 4. The highest BCUT2D eigenvalue weighted by molar-refractivity contribution is 5.35. The molecule has 0 unspecified atom stereocenters. The van der Waals surface area contributed by atoms with E-state index in [1.165, 1.54) is 25.3 Å². The maximum Gasteiger partial charge on any atom is 0.214 e. The number of ether oxygens (including phenoxy) is 1. The van der Waals surface area contributed by atoms with Crippen molar-refractivity contribution in [3.8, 4) is 5.88 Å². The van der Waals surface area contributed by atoms with Crippen LogP contribution < -0.4 is 10.1 Å². The highest BCUT2D eigenvalue weighted by Gasteiger charge is 2.05. The summed E-state index contributed by atoms with van der Waals surface area (Å²) in [5.74, 6) is -0.391. The standard InChI is InChI=1S/C12H11F2N3O/c1-18-12-5-8(9(13)7-16-12)6-15-11-4-2-3-10(14)17-11/h2-5,7H,6H2,1H3,(H,15,17). The van der Waals surface area contributed by atoms with Crippen molar-refractivity contribution >= 4 is 5.82 Å². The van der Waals surface area contributed by atoms with E-state index in [2.05, 4.69) is 15.3 Å². The van der Waals surface area contributed by atoms with E-state index in [1.807, 2.05) is 0 Å². The number of nitrogens with zero attached hydrogens (tertiary/aromatic N) is 2. The lowest BCUT2D eigenvalue weighted by molar-refractivity contribution is 0.395. The Labute approximate surface area is 103 Å². The Kier molecular flexibility index (Phi) is 3.66. The Morgan fingerprint density at radius 2 is 2.17 bits per heavy atom. The van der Waals surface area contributed by atoms with Crippen molar-refractivity contribution in [2.45, 2.75) is 6.54 Å². The zero-order chi connectivity index (χ0) is 13.0. The first-order valence-corrected chi connectivity index (χ1v) is 5.24. The van der Waals surface area contributed by atoms with Crippen molar-refractivity contribution in [3.05, 3.63) is 47.8 Å². The molecule has 0 spiro atoms. The molecule has 94 valence electrons. The molecule has 0 saturated carbocycles. The summed E-state index contributed by atoms with van der Waals surface area (Å²) in [7, 11) is 1.45. The van der Waals surface area contributed by atoms with E-state index < -0.39 is 11.8 Å². The van der Waals surface area contributed by atoms with Gasteiger partial charge in [0, 0.05) is 18.2 Å². The fraction of sp³-hybridized carbons (Fsp3) is 0.167. The summed E-state index contributed by atoms with van der Waals surface area (Å²) in [6, 6.07) is 5.83. The Morgan fingerprint density at radius 3 is 2.89 bits per heavy atom. The quantitative estimate of drug-likeness (QED) is 0.847. The fourth-order valence-corrected chi connectivity index (χ4v) is 1.40. The van der Waals surface area contributed by atoms with Gasteiger partial charge in [-0.25, -0.2) is 14.4 Å². The van der Waals surface area contributed by atoms with Crippen LogP contribution in [0.3, 0.4) is 0 Å². The maximum absolute atomic E-state index is 13.4. The number of pyridine rings is 2. The summed E-state index contributed by atoms with van der Waals surface area (Å²) in [6.45, 7) is 0.168. The monoisotopic (exact) mass is 251 g/mol. The van der Waals surface area contributed by atoms with E-state index in [1.54, 1.807) is 6.07 Å². The van der Waals surface area contributed by atoms with Crippen molar-refractivity contribution in [3.63, 3.8) is 0 Å². The van der Waals surface area contributed by atoms with Crippen LogP contribution in [0.5, 0.6) is 5.88 Å². The number of anilines is 1. The molecule has 0 aliphatic heterocycles. The third-order valence-electron chi connectivity index (χ3n) is 2.29. The minimum Gasteiger partial charge on any atom is -0.481 e. The van der Waals surface area contributed by atoms with Crippen molar-refractivity contribution in [1.29, 1.82) is 0 Å². The van der Waals surface area contributed by atoms with Crippen LogP contribution in [-0.2, 0) is 6.54 Å². The molecule has 0 aliphatic rings. The predicted octanol–water partition coefficient (Wildman–Crippen LogP) is 2.38. The normalized spacial score (nSPS) is 10.2. The number of hydrogen-bond donors (Lipinski definition) is 1. The first-order chi connectivity index (χ1) is 8.69. The van der Waals surface area contributed by atoms with Gasteiger partial charge in [-0.2, -0.15) is 4.39 Å². The van der Waals surface area contributed by atoms with Crippen LogP contribution in [0.2, 0.25) is 0 Å². The average Bonchev–Trinajstić information content (AvgIpc) is 2.38. The molecule has 0 fully saturated rings. The van der Waals surface area contributed by atoms with Crippen LogP contribution in [0.1, 0.15) is 5.56 Å². The van der Waals surface area contributed by atoms with Crippen molar-refractivity contribution in [2.24, 2.45) is 0 Å². The Morgan fingerprint density at radius 1 is 1.33 bits per heavy atom. The summed E-state index contributed by atoms with van der Waals surface area (Å²) >= 11 is 0. The molecule has 0 saturated heterocycles. The smallest absolute Gasteiger partial charge is 0.214 e. The molecule has 0 aromatic carbocycles. The summed E-state index contributed by atoms with van der Waals surface area (Å²) in [6.07, 6.45) is 1.08. The van der Waals surface area contributed by atoms with Crippen LogP contribution in [0.4, 0.5) is 14.6 Å². The molecule has 2 aromatic heterocycles. The van der Waals surface area contributed by atoms with E-state index in [-0.39, 0.29) is 6.54 Å². The molecule has 0 amide bonds. The second-order valence-corrected chi connectivity index (χ2v) is 3.52. The predicted molar refractivity (Wildman–Crippen MR) is 62.3 cm³/mol. The molecule has 4 nitrogen and oxygen atoms in total. The number of hydrogen-bond acceptors (Lipinski definition) is 4. The third-order valence-corrected chi connectivity index (χ3v) is 2.29. The van der Waals surface area contributed by atoms with Gasteiger partial charge < -0.3 is 10.1 Å². The second-order valence-electron chi connectivity index (χ2n) is 3.52. The molecule has 1 N–H and O–H groups in total. The van der Waals surface area contributed by atoms with Gasteiger partial charge in [0.05, 0.1) is 13.3 Å².